The van der Waals surface area contributed by atoms with Gasteiger partial charge in [-0.3, -0.25) is 19.3 Å². The van der Waals surface area contributed by atoms with Gasteiger partial charge in [-0.25, -0.2) is 0 Å². The lowest BCUT2D eigenvalue weighted by Crippen LogP contribution is -2.50. The molecule has 5 nitrogen and oxygen atoms in total. The molecule has 3 amide bonds. The zero-order valence-corrected chi connectivity index (χ0v) is 12.8. The standard InChI is InChI=1S/C15H24N2O3/c1-9(2)16(4)13(18)10(3)17-14(19)11-7-5-6-8-12(11)15(17)20/h9-12H,5-8H2,1-4H3. The molecule has 0 aromatic rings. The number of amides is 3. The van der Waals surface area contributed by atoms with E-state index in [0.29, 0.717) is 0 Å². The van der Waals surface area contributed by atoms with Crippen molar-refractivity contribution in [2.24, 2.45) is 11.8 Å². The Bertz CT molecular complexity index is 409. The molecule has 1 saturated carbocycles. The summed E-state index contributed by atoms with van der Waals surface area (Å²) in [5, 5.41) is 0. The second-order valence-corrected chi connectivity index (χ2v) is 6.26. The Hall–Kier alpha value is -1.39. The first kappa shape index (κ1) is 15.0. The van der Waals surface area contributed by atoms with Crippen LogP contribution >= 0.6 is 0 Å². The highest BCUT2D eigenvalue weighted by atomic mass is 16.2. The van der Waals surface area contributed by atoms with Crippen molar-refractivity contribution >= 4 is 17.7 Å². The van der Waals surface area contributed by atoms with E-state index in [-0.39, 0.29) is 35.6 Å². The van der Waals surface area contributed by atoms with Crippen LogP contribution in [0, 0.1) is 11.8 Å². The summed E-state index contributed by atoms with van der Waals surface area (Å²) in [6.07, 6.45) is 3.57. The monoisotopic (exact) mass is 280 g/mol. The summed E-state index contributed by atoms with van der Waals surface area (Å²) in [6.45, 7) is 5.49. The maximum atomic E-state index is 12.4. The number of hydrogen-bond acceptors (Lipinski definition) is 3. The molecule has 0 bridgehead atoms. The van der Waals surface area contributed by atoms with E-state index in [1.807, 2.05) is 13.8 Å². The fourth-order valence-corrected chi connectivity index (χ4v) is 3.23. The second kappa shape index (κ2) is 5.54. The van der Waals surface area contributed by atoms with Crippen LogP contribution in [0.4, 0.5) is 0 Å². The van der Waals surface area contributed by atoms with Gasteiger partial charge in [-0.2, -0.15) is 0 Å². The van der Waals surface area contributed by atoms with Crippen LogP contribution in [0.5, 0.6) is 0 Å². The van der Waals surface area contributed by atoms with E-state index in [0.717, 1.165) is 25.7 Å². The molecule has 3 atom stereocenters. The van der Waals surface area contributed by atoms with Gasteiger partial charge in [-0.05, 0) is 33.6 Å². The van der Waals surface area contributed by atoms with Crippen molar-refractivity contribution < 1.29 is 14.4 Å². The van der Waals surface area contributed by atoms with Crippen LogP contribution in [0.15, 0.2) is 0 Å². The third-order valence-electron chi connectivity index (χ3n) is 4.74. The highest BCUT2D eigenvalue weighted by Crippen LogP contribution is 2.38. The number of likely N-dealkylation sites (N-methyl/N-ethyl adjacent to an activating group) is 1. The third kappa shape index (κ3) is 2.34. The van der Waals surface area contributed by atoms with E-state index in [1.165, 1.54) is 4.90 Å². The number of hydrogen-bond donors (Lipinski definition) is 0. The van der Waals surface area contributed by atoms with Gasteiger partial charge in [0.05, 0.1) is 11.8 Å². The number of carbonyl (C=O) groups excluding carboxylic acids is 3. The Morgan fingerprint density at radius 2 is 1.55 bits per heavy atom. The zero-order chi connectivity index (χ0) is 15.0. The van der Waals surface area contributed by atoms with E-state index in [4.69, 9.17) is 0 Å². The fraction of sp³-hybridized carbons (Fsp3) is 0.800. The molecule has 5 heteroatoms. The summed E-state index contributed by atoms with van der Waals surface area (Å²) < 4.78 is 0. The minimum Gasteiger partial charge on any atom is -0.342 e. The van der Waals surface area contributed by atoms with Crippen molar-refractivity contribution in [1.29, 1.82) is 0 Å². The summed E-state index contributed by atoms with van der Waals surface area (Å²) in [7, 11) is 1.71. The molecular formula is C15H24N2O3. The van der Waals surface area contributed by atoms with Crippen LogP contribution in [0.2, 0.25) is 0 Å². The molecule has 0 N–H and O–H groups in total. The molecule has 3 unspecified atom stereocenters. The number of carbonyl (C=O) groups is 3. The Morgan fingerprint density at radius 3 is 1.95 bits per heavy atom. The average Bonchev–Trinajstić information content (AvgIpc) is 2.69. The Kier molecular flexibility index (Phi) is 4.16. The van der Waals surface area contributed by atoms with Crippen molar-refractivity contribution in [3.8, 4) is 0 Å². The number of rotatable bonds is 3. The largest absolute Gasteiger partial charge is 0.342 e. The van der Waals surface area contributed by atoms with Gasteiger partial charge in [0.1, 0.15) is 6.04 Å². The molecule has 1 aliphatic heterocycles. The van der Waals surface area contributed by atoms with Crippen LogP contribution < -0.4 is 0 Å². The van der Waals surface area contributed by atoms with Gasteiger partial charge >= 0.3 is 0 Å². The summed E-state index contributed by atoms with van der Waals surface area (Å²) in [5.74, 6) is -0.817. The molecule has 20 heavy (non-hydrogen) atoms. The Balaban J connectivity index is 2.17. The molecule has 0 aromatic heterocycles. The van der Waals surface area contributed by atoms with E-state index >= 15 is 0 Å². The fourth-order valence-electron chi connectivity index (χ4n) is 3.23. The molecule has 1 heterocycles. The molecule has 2 fully saturated rings. The first-order valence-electron chi connectivity index (χ1n) is 7.49. The summed E-state index contributed by atoms with van der Waals surface area (Å²) in [4.78, 5) is 40.0. The first-order valence-corrected chi connectivity index (χ1v) is 7.49. The van der Waals surface area contributed by atoms with E-state index in [9.17, 15) is 14.4 Å². The molecule has 2 rings (SSSR count). The number of imide groups is 1. The van der Waals surface area contributed by atoms with Gasteiger partial charge in [0.25, 0.3) is 0 Å². The Labute approximate surface area is 120 Å². The average molecular weight is 280 g/mol. The normalized spacial score (nSPS) is 27.8. The maximum absolute atomic E-state index is 12.4. The van der Waals surface area contributed by atoms with Crippen molar-refractivity contribution in [3.63, 3.8) is 0 Å². The van der Waals surface area contributed by atoms with E-state index in [1.54, 1.807) is 18.9 Å². The van der Waals surface area contributed by atoms with Gasteiger partial charge in [0.2, 0.25) is 17.7 Å². The van der Waals surface area contributed by atoms with E-state index < -0.39 is 6.04 Å². The maximum Gasteiger partial charge on any atom is 0.245 e. The molecule has 1 aliphatic carbocycles. The van der Waals surface area contributed by atoms with Crippen molar-refractivity contribution in [2.45, 2.75) is 58.5 Å². The number of likely N-dealkylation sites (tertiary alicyclic amines) is 1. The molecule has 0 aromatic carbocycles. The lowest BCUT2D eigenvalue weighted by Gasteiger charge is -2.29. The van der Waals surface area contributed by atoms with Gasteiger partial charge < -0.3 is 4.90 Å². The highest BCUT2D eigenvalue weighted by Gasteiger charge is 2.51. The van der Waals surface area contributed by atoms with E-state index in [2.05, 4.69) is 0 Å². The molecular weight excluding hydrogens is 256 g/mol. The zero-order valence-electron chi connectivity index (χ0n) is 12.8. The minimum atomic E-state index is -0.687. The van der Waals surface area contributed by atoms with Crippen LogP contribution in [0.25, 0.3) is 0 Å². The third-order valence-corrected chi connectivity index (χ3v) is 4.74. The molecule has 1 saturated heterocycles. The highest BCUT2D eigenvalue weighted by molar-refractivity contribution is 6.08. The van der Waals surface area contributed by atoms with Crippen molar-refractivity contribution in [2.75, 3.05) is 7.05 Å². The molecule has 0 radical (unpaired) electrons. The molecule has 112 valence electrons. The topological polar surface area (TPSA) is 57.7 Å². The van der Waals surface area contributed by atoms with Gasteiger partial charge in [-0.15, -0.1) is 0 Å². The smallest absolute Gasteiger partial charge is 0.245 e. The minimum absolute atomic E-state index is 0.0556. The van der Waals surface area contributed by atoms with Crippen molar-refractivity contribution in [3.05, 3.63) is 0 Å². The van der Waals surface area contributed by atoms with Crippen LogP contribution in [-0.4, -0.2) is 46.7 Å². The van der Waals surface area contributed by atoms with Crippen molar-refractivity contribution in [1.82, 2.24) is 9.80 Å². The lowest BCUT2D eigenvalue weighted by atomic mass is 9.81. The van der Waals surface area contributed by atoms with Gasteiger partial charge in [0, 0.05) is 13.1 Å². The van der Waals surface area contributed by atoms with Gasteiger partial charge in [0.15, 0.2) is 0 Å². The quantitative estimate of drug-likeness (QED) is 0.735. The number of fused-ring (bicyclic) bond motifs is 1. The van der Waals surface area contributed by atoms with Crippen LogP contribution in [0.3, 0.4) is 0 Å². The van der Waals surface area contributed by atoms with Crippen LogP contribution in [-0.2, 0) is 14.4 Å². The van der Waals surface area contributed by atoms with Crippen LogP contribution in [0.1, 0.15) is 46.5 Å². The SMILES string of the molecule is CC(C)N(C)C(=O)C(C)N1C(=O)C2CCCCC2C1=O. The molecule has 2 aliphatic rings. The number of nitrogens with zero attached hydrogens (tertiary/aromatic N) is 2. The first-order chi connectivity index (χ1) is 9.36. The summed E-state index contributed by atoms with van der Waals surface area (Å²) in [5.41, 5.74) is 0. The summed E-state index contributed by atoms with van der Waals surface area (Å²) >= 11 is 0. The Morgan fingerprint density at radius 1 is 1.10 bits per heavy atom. The van der Waals surface area contributed by atoms with Gasteiger partial charge in [-0.1, -0.05) is 12.8 Å². The predicted molar refractivity (Wildman–Crippen MR) is 74.7 cm³/mol. The molecule has 0 spiro atoms. The lowest BCUT2D eigenvalue weighted by molar-refractivity contribution is -0.151. The predicted octanol–water partition coefficient (Wildman–Crippen LogP) is 1.42. The summed E-state index contributed by atoms with van der Waals surface area (Å²) in [6, 6.07) is -0.631. The second-order valence-electron chi connectivity index (χ2n) is 6.26.